The van der Waals surface area contributed by atoms with Crippen molar-refractivity contribution in [2.75, 3.05) is 5.73 Å². The van der Waals surface area contributed by atoms with Gasteiger partial charge in [-0.2, -0.15) is 0 Å². The van der Waals surface area contributed by atoms with Crippen molar-refractivity contribution in [3.8, 4) is 0 Å². The number of nitrogen functional groups attached to an aromatic ring is 1. The summed E-state index contributed by atoms with van der Waals surface area (Å²) in [6.45, 7) is -0.0507. The third-order valence-electron chi connectivity index (χ3n) is 2.73. The number of rotatable bonds is 1. The fourth-order valence-corrected chi connectivity index (χ4v) is 1.95. The predicted molar refractivity (Wildman–Crippen MR) is 63.9 cm³/mol. The number of hydrogen-bond acceptors (Lipinski definition) is 3. The molecule has 0 aliphatic rings. The number of pyridine rings is 1. The van der Waals surface area contributed by atoms with Gasteiger partial charge in [-0.1, -0.05) is 0 Å². The highest BCUT2D eigenvalue weighted by Crippen LogP contribution is 2.26. The van der Waals surface area contributed by atoms with Gasteiger partial charge in [-0.25, -0.2) is 0 Å². The van der Waals surface area contributed by atoms with Gasteiger partial charge in [0, 0.05) is 22.0 Å². The van der Waals surface area contributed by atoms with Crippen molar-refractivity contribution >= 4 is 27.5 Å². The molecular weight excluding hydrogens is 202 g/mol. The molecule has 0 saturated carbocycles. The van der Waals surface area contributed by atoms with Gasteiger partial charge in [0.05, 0.1) is 24.0 Å². The minimum absolute atomic E-state index is 0.0507. The number of hydrogen-bond donors (Lipinski definition) is 3. The second-order valence-electron chi connectivity index (χ2n) is 3.81. The van der Waals surface area contributed by atoms with E-state index in [4.69, 9.17) is 10.8 Å². The standard InChI is InChI=1S/C12H11N3O/c13-7-1-2-11-9(3-7)10-4-8(6-16)14-5-12(10)15-11/h1-5,15-16H,6,13H2. The Morgan fingerprint density at radius 2 is 2.00 bits per heavy atom. The van der Waals surface area contributed by atoms with Crippen LogP contribution in [0.3, 0.4) is 0 Å². The molecule has 2 heterocycles. The Bertz CT molecular complexity index is 672. The zero-order chi connectivity index (χ0) is 11.1. The number of nitrogens with zero attached hydrogens (tertiary/aromatic N) is 1. The minimum atomic E-state index is -0.0507. The number of benzene rings is 1. The van der Waals surface area contributed by atoms with Crippen LogP contribution in [0.1, 0.15) is 5.69 Å². The highest BCUT2D eigenvalue weighted by molar-refractivity contribution is 6.07. The fraction of sp³-hybridized carbons (Fsp3) is 0.0833. The molecule has 0 radical (unpaired) electrons. The molecule has 1 aromatic carbocycles. The first-order valence-corrected chi connectivity index (χ1v) is 5.04. The second kappa shape index (κ2) is 3.21. The van der Waals surface area contributed by atoms with Crippen LogP contribution in [-0.4, -0.2) is 15.1 Å². The van der Waals surface area contributed by atoms with Crippen LogP contribution in [0.15, 0.2) is 30.5 Å². The molecule has 0 unspecified atom stereocenters. The first kappa shape index (κ1) is 9.18. The minimum Gasteiger partial charge on any atom is -0.399 e. The molecule has 4 heteroatoms. The third kappa shape index (κ3) is 1.24. The number of aromatic amines is 1. The van der Waals surface area contributed by atoms with E-state index >= 15 is 0 Å². The van der Waals surface area contributed by atoms with Crippen LogP contribution in [0, 0.1) is 0 Å². The summed E-state index contributed by atoms with van der Waals surface area (Å²) < 4.78 is 0. The molecule has 0 bridgehead atoms. The van der Waals surface area contributed by atoms with Crippen LogP contribution in [0.4, 0.5) is 5.69 Å². The molecule has 0 atom stereocenters. The van der Waals surface area contributed by atoms with E-state index in [2.05, 4.69) is 9.97 Å². The Morgan fingerprint density at radius 3 is 2.81 bits per heavy atom. The van der Waals surface area contributed by atoms with E-state index in [1.54, 1.807) is 6.20 Å². The topological polar surface area (TPSA) is 74.9 Å². The summed E-state index contributed by atoms with van der Waals surface area (Å²) in [5.41, 5.74) is 9.15. The maximum Gasteiger partial charge on any atom is 0.0853 e. The molecule has 0 aliphatic carbocycles. The van der Waals surface area contributed by atoms with Gasteiger partial charge in [0.2, 0.25) is 0 Å². The van der Waals surface area contributed by atoms with Crippen LogP contribution in [-0.2, 0) is 6.61 Å². The van der Waals surface area contributed by atoms with Gasteiger partial charge >= 0.3 is 0 Å². The molecular formula is C12H11N3O. The van der Waals surface area contributed by atoms with E-state index in [9.17, 15) is 0 Å². The number of nitrogens with two attached hydrogens (primary N) is 1. The zero-order valence-electron chi connectivity index (χ0n) is 8.57. The molecule has 0 spiro atoms. The largest absolute Gasteiger partial charge is 0.399 e. The number of fused-ring (bicyclic) bond motifs is 3. The number of aliphatic hydroxyl groups is 1. The van der Waals surface area contributed by atoms with E-state index < -0.39 is 0 Å². The quantitative estimate of drug-likeness (QED) is 0.539. The van der Waals surface area contributed by atoms with Crippen LogP contribution in [0.5, 0.6) is 0 Å². The summed E-state index contributed by atoms with van der Waals surface area (Å²) in [6, 6.07) is 7.62. The van der Waals surface area contributed by atoms with E-state index in [-0.39, 0.29) is 6.61 Å². The van der Waals surface area contributed by atoms with Crippen LogP contribution in [0.25, 0.3) is 21.8 Å². The summed E-state index contributed by atoms with van der Waals surface area (Å²) in [4.78, 5) is 7.39. The normalized spacial score (nSPS) is 11.3. The summed E-state index contributed by atoms with van der Waals surface area (Å²) in [6.07, 6.45) is 1.73. The SMILES string of the molecule is Nc1ccc2[nH]c3cnc(CO)cc3c2c1. The van der Waals surface area contributed by atoms with Crippen molar-refractivity contribution in [1.29, 1.82) is 0 Å². The molecule has 80 valence electrons. The molecule has 4 N–H and O–H groups in total. The Labute approximate surface area is 91.7 Å². The lowest BCUT2D eigenvalue weighted by Gasteiger charge is -1.96. The number of nitrogens with one attached hydrogen (secondary N) is 1. The molecule has 0 amide bonds. The zero-order valence-corrected chi connectivity index (χ0v) is 8.57. The monoisotopic (exact) mass is 213 g/mol. The van der Waals surface area contributed by atoms with Gasteiger partial charge < -0.3 is 15.8 Å². The summed E-state index contributed by atoms with van der Waals surface area (Å²) in [7, 11) is 0. The average molecular weight is 213 g/mol. The van der Waals surface area contributed by atoms with Gasteiger partial charge in [0.15, 0.2) is 0 Å². The third-order valence-corrected chi connectivity index (χ3v) is 2.73. The summed E-state index contributed by atoms with van der Waals surface area (Å²) in [5.74, 6) is 0. The van der Waals surface area contributed by atoms with E-state index in [0.717, 1.165) is 27.5 Å². The Balaban J connectivity index is 2.44. The number of H-pyrrole nitrogens is 1. The van der Waals surface area contributed by atoms with Crippen molar-refractivity contribution in [2.45, 2.75) is 6.61 Å². The summed E-state index contributed by atoms with van der Waals surface area (Å²) >= 11 is 0. The van der Waals surface area contributed by atoms with Crippen molar-refractivity contribution in [3.63, 3.8) is 0 Å². The predicted octanol–water partition coefficient (Wildman–Crippen LogP) is 1.79. The lowest BCUT2D eigenvalue weighted by Crippen LogP contribution is -1.87. The summed E-state index contributed by atoms with van der Waals surface area (Å²) in [5, 5.41) is 11.2. The maximum absolute atomic E-state index is 9.06. The lowest BCUT2D eigenvalue weighted by atomic mass is 10.1. The number of aromatic nitrogens is 2. The van der Waals surface area contributed by atoms with Crippen molar-refractivity contribution in [1.82, 2.24) is 9.97 Å². The van der Waals surface area contributed by atoms with E-state index in [1.165, 1.54) is 0 Å². The molecule has 0 aliphatic heterocycles. The van der Waals surface area contributed by atoms with Gasteiger partial charge in [-0.15, -0.1) is 0 Å². The fourth-order valence-electron chi connectivity index (χ4n) is 1.95. The van der Waals surface area contributed by atoms with Crippen LogP contribution >= 0.6 is 0 Å². The van der Waals surface area contributed by atoms with E-state index in [1.807, 2.05) is 24.3 Å². The number of anilines is 1. The second-order valence-corrected chi connectivity index (χ2v) is 3.81. The Hall–Kier alpha value is -2.07. The average Bonchev–Trinajstić information content (AvgIpc) is 2.66. The van der Waals surface area contributed by atoms with Gasteiger partial charge in [-0.3, -0.25) is 4.98 Å². The molecule has 4 nitrogen and oxygen atoms in total. The van der Waals surface area contributed by atoms with Gasteiger partial charge in [-0.05, 0) is 24.3 Å². The Kier molecular flexibility index (Phi) is 1.84. The van der Waals surface area contributed by atoms with Gasteiger partial charge in [0.25, 0.3) is 0 Å². The Morgan fingerprint density at radius 1 is 1.19 bits per heavy atom. The lowest BCUT2D eigenvalue weighted by molar-refractivity contribution is 0.277. The molecule has 2 aromatic heterocycles. The number of aliphatic hydroxyl groups excluding tert-OH is 1. The smallest absolute Gasteiger partial charge is 0.0853 e. The van der Waals surface area contributed by atoms with Crippen molar-refractivity contribution < 1.29 is 5.11 Å². The first-order chi connectivity index (χ1) is 7.78. The highest BCUT2D eigenvalue weighted by atomic mass is 16.3. The van der Waals surface area contributed by atoms with Crippen molar-refractivity contribution in [2.24, 2.45) is 0 Å². The molecule has 0 fully saturated rings. The highest BCUT2D eigenvalue weighted by Gasteiger charge is 2.05. The molecule has 3 aromatic rings. The molecule has 0 saturated heterocycles. The van der Waals surface area contributed by atoms with E-state index in [0.29, 0.717) is 5.69 Å². The van der Waals surface area contributed by atoms with Gasteiger partial charge in [0.1, 0.15) is 0 Å². The first-order valence-electron chi connectivity index (χ1n) is 5.04. The van der Waals surface area contributed by atoms with Crippen LogP contribution in [0.2, 0.25) is 0 Å². The van der Waals surface area contributed by atoms with Crippen LogP contribution < -0.4 is 5.73 Å². The van der Waals surface area contributed by atoms with Crippen molar-refractivity contribution in [3.05, 3.63) is 36.2 Å². The maximum atomic E-state index is 9.06. The molecule has 16 heavy (non-hydrogen) atoms. The molecule has 3 rings (SSSR count).